The highest BCUT2D eigenvalue weighted by atomic mass is 32.2. The van der Waals surface area contributed by atoms with Crippen LogP contribution in [0.1, 0.15) is 104 Å². The Bertz CT molecular complexity index is 1140. The number of aromatic nitrogens is 1. The van der Waals surface area contributed by atoms with Crippen molar-refractivity contribution in [1.29, 1.82) is 0 Å². The second-order valence-electron chi connectivity index (χ2n) is 13.8. The minimum absolute atomic E-state index is 0.0277. The number of hydrogen-bond acceptors (Lipinski definition) is 5. The van der Waals surface area contributed by atoms with Gasteiger partial charge in [-0.05, 0) is 86.5 Å². The van der Waals surface area contributed by atoms with Crippen LogP contribution in [0.15, 0.2) is 27.6 Å². The summed E-state index contributed by atoms with van der Waals surface area (Å²) in [6.45, 7) is 3.68. The number of unbranched alkanes of at least 4 members (excludes halogenated alkanes) is 5. The zero-order valence-electron chi connectivity index (χ0n) is 24.7. The average molecular weight is 634 g/mol. The summed E-state index contributed by atoms with van der Waals surface area (Å²) >= 11 is 3.46. The first kappa shape index (κ1) is 32.4. The highest BCUT2D eigenvalue weighted by molar-refractivity contribution is 8.00. The molecule has 1 aromatic rings. The molecule has 3 nitrogen and oxygen atoms in total. The number of allylic oxidation sites excluding steroid dienone is 1. The third-order valence-corrected chi connectivity index (χ3v) is 13.8. The van der Waals surface area contributed by atoms with Gasteiger partial charge in [0.15, 0.2) is 5.78 Å². The zero-order chi connectivity index (χ0) is 30.4. The number of rotatable bonds is 11. The number of aliphatic hydroxyl groups is 1. The van der Waals surface area contributed by atoms with Gasteiger partial charge in [0.1, 0.15) is 9.94 Å². The Balaban J connectivity index is 1.26. The summed E-state index contributed by atoms with van der Waals surface area (Å²) in [5.41, 5.74) is -3.69. The van der Waals surface area contributed by atoms with Crippen LogP contribution in [0.25, 0.3) is 0 Å². The van der Waals surface area contributed by atoms with E-state index in [9.17, 15) is 31.9 Å². The van der Waals surface area contributed by atoms with E-state index in [4.69, 9.17) is 0 Å². The lowest BCUT2D eigenvalue weighted by Crippen LogP contribution is -2.66. The van der Waals surface area contributed by atoms with Crippen LogP contribution in [-0.2, 0) is 4.79 Å². The number of carbonyl (C=O) groups excluding carboxylic acids is 1. The molecule has 5 rings (SSSR count). The second-order valence-corrected chi connectivity index (χ2v) is 16.0. The third-order valence-electron chi connectivity index (χ3n) is 11.8. The van der Waals surface area contributed by atoms with Crippen molar-refractivity contribution in [3.8, 4) is 0 Å². The van der Waals surface area contributed by atoms with Gasteiger partial charge in [-0.3, -0.25) is 4.79 Å². The van der Waals surface area contributed by atoms with Gasteiger partial charge in [-0.1, -0.05) is 63.3 Å². The van der Waals surface area contributed by atoms with Gasteiger partial charge >= 0.3 is 12.1 Å². The van der Waals surface area contributed by atoms with Crippen LogP contribution in [0.5, 0.6) is 0 Å². The Morgan fingerprint density at radius 1 is 1.00 bits per heavy atom. The van der Waals surface area contributed by atoms with Crippen molar-refractivity contribution in [2.45, 2.75) is 126 Å². The van der Waals surface area contributed by atoms with E-state index in [1.54, 1.807) is 23.1 Å². The highest BCUT2D eigenvalue weighted by Gasteiger charge is 2.79. The molecule has 0 saturated heterocycles. The van der Waals surface area contributed by atoms with E-state index in [1.165, 1.54) is 6.92 Å². The Hall–Kier alpha value is -1.00. The number of halogens is 5. The molecule has 7 atom stereocenters. The molecule has 1 N–H and O–H groups in total. The Kier molecular flexibility index (Phi) is 9.31. The van der Waals surface area contributed by atoms with Crippen molar-refractivity contribution < 1.29 is 31.9 Å². The number of carbonyl (C=O) groups is 1. The van der Waals surface area contributed by atoms with E-state index in [1.807, 2.05) is 17.7 Å². The number of nitrogens with zero attached hydrogens (tertiary/aromatic N) is 1. The van der Waals surface area contributed by atoms with Crippen molar-refractivity contribution >= 4 is 28.9 Å². The van der Waals surface area contributed by atoms with Gasteiger partial charge < -0.3 is 5.11 Å². The van der Waals surface area contributed by atoms with Crippen LogP contribution in [0.2, 0.25) is 0 Å². The van der Waals surface area contributed by atoms with Gasteiger partial charge in [-0.25, -0.2) is 4.98 Å². The summed E-state index contributed by atoms with van der Waals surface area (Å²) in [6, 6.07) is 0. The Morgan fingerprint density at radius 2 is 1.69 bits per heavy atom. The Morgan fingerprint density at radius 3 is 2.38 bits per heavy atom. The second kappa shape index (κ2) is 12.1. The molecule has 10 heteroatoms. The summed E-state index contributed by atoms with van der Waals surface area (Å²) in [7, 11) is 0. The SMILES string of the molecule is C[C@]12CCC(=O)C=C1C[C@@H](CCCCCCCCSc1nccs1)[C@@H]1[C@@H]2CC[C@@]2(C)[C@H]1CC[C@@]2(O)C(F)(F)C(F)(F)F. The summed E-state index contributed by atoms with van der Waals surface area (Å²) in [5.74, 6) is -4.14. The van der Waals surface area contributed by atoms with Crippen LogP contribution in [0, 0.1) is 34.5 Å². The molecule has 0 aromatic carbocycles. The number of hydrogen-bond donors (Lipinski definition) is 1. The zero-order valence-corrected chi connectivity index (χ0v) is 26.3. The molecular formula is C32H44F5NO2S2. The molecule has 1 aromatic heterocycles. The van der Waals surface area contributed by atoms with Crippen LogP contribution in [0.4, 0.5) is 22.0 Å². The summed E-state index contributed by atoms with van der Waals surface area (Å²) in [6.07, 6.45) is 7.48. The summed E-state index contributed by atoms with van der Waals surface area (Å²) in [5, 5.41) is 13.3. The molecule has 1 heterocycles. The fourth-order valence-electron chi connectivity index (χ4n) is 9.42. The third kappa shape index (κ3) is 5.52. The highest BCUT2D eigenvalue weighted by Crippen LogP contribution is 2.72. The lowest BCUT2D eigenvalue weighted by molar-refractivity contribution is -0.364. The maximum Gasteiger partial charge on any atom is 0.456 e. The fourth-order valence-corrected chi connectivity index (χ4v) is 11.1. The standard InChI is InChI=1S/C32H44F5NO2S2/c1-28-13-10-23(39)20-22(28)19-21(9-7-5-3-4-6-8-17-41-27-38-16-18-42-27)26-24(28)11-14-29(2)25(26)12-15-30(29,40)31(33,34)32(35,36)37/h16,18,20-21,24-26,40H,3-15,17,19H2,1-2H3/t21-,24+,25+,26-,28+,29+,30+/m1/s1. The minimum Gasteiger partial charge on any atom is -0.383 e. The molecule has 42 heavy (non-hydrogen) atoms. The van der Waals surface area contributed by atoms with Gasteiger partial charge in [0.2, 0.25) is 0 Å². The van der Waals surface area contributed by atoms with Gasteiger partial charge in [0.25, 0.3) is 0 Å². The molecule has 3 fully saturated rings. The topological polar surface area (TPSA) is 50.2 Å². The van der Waals surface area contributed by atoms with E-state index < -0.39 is 35.5 Å². The van der Waals surface area contributed by atoms with Crippen molar-refractivity contribution in [3.63, 3.8) is 0 Å². The molecule has 0 unspecified atom stereocenters. The van der Waals surface area contributed by atoms with Crippen molar-refractivity contribution in [2.24, 2.45) is 34.5 Å². The molecule has 0 aliphatic heterocycles. The van der Waals surface area contributed by atoms with Crippen molar-refractivity contribution in [1.82, 2.24) is 4.98 Å². The smallest absolute Gasteiger partial charge is 0.383 e. The van der Waals surface area contributed by atoms with Gasteiger partial charge in [0.05, 0.1) is 0 Å². The molecular weight excluding hydrogens is 589 g/mol. The van der Waals surface area contributed by atoms with Crippen molar-refractivity contribution in [3.05, 3.63) is 23.2 Å². The van der Waals surface area contributed by atoms with Crippen molar-refractivity contribution in [2.75, 3.05) is 5.75 Å². The number of ketones is 1. The first-order valence-corrected chi connectivity index (χ1v) is 17.5. The number of thioether (sulfide) groups is 1. The largest absolute Gasteiger partial charge is 0.456 e. The first-order valence-electron chi connectivity index (χ1n) is 15.7. The molecule has 236 valence electrons. The number of alkyl halides is 5. The predicted molar refractivity (Wildman–Crippen MR) is 157 cm³/mol. The molecule has 4 aliphatic carbocycles. The lowest BCUT2D eigenvalue weighted by Gasteiger charge is -2.62. The van der Waals surface area contributed by atoms with Crippen LogP contribution in [-0.4, -0.2) is 39.3 Å². The molecule has 0 radical (unpaired) electrons. The van der Waals surface area contributed by atoms with E-state index in [2.05, 4.69) is 11.9 Å². The summed E-state index contributed by atoms with van der Waals surface area (Å²) in [4.78, 5) is 16.7. The monoisotopic (exact) mass is 633 g/mol. The maximum absolute atomic E-state index is 15.0. The predicted octanol–water partition coefficient (Wildman–Crippen LogP) is 9.65. The lowest BCUT2D eigenvalue weighted by atomic mass is 9.43. The molecule has 0 amide bonds. The number of thiazole rings is 1. The van der Waals surface area contributed by atoms with Gasteiger partial charge in [-0.2, -0.15) is 22.0 Å². The average Bonchev–Trinajstić information content (AvgIpc) is 3.54. The van der Waals surface area contributed by atoms with Gasteiger partial charge in [-0.15, -0.1) is 11.3 Å². The van der Waals surface area contributed by atoms with Crippen LogP contribution in [0.3, 0.4) is 0 Å². The Labute approximate surface area is 254 Å². The summed E-state index contributed by atoms with van der Waals surface area (Å²) < 4.78 is 72.0. The minimum atomic E-state index is -5.80. The molecule has 3 saturated carbocycles. The van der Waals surface area contributed by atoms with Crippen LogP contribution >= 0.6 is 23.1 Å². The van der Waals surface area contributed by atoms with E-state index in [0.29, 0.717) is 25.7 Å². The first-order chi connectivity index (χ1) is 19.7. The van der Waals surface area contributed by atoms with E-state index in [0.717, 1.165) is 60.6 Å². The molecule has 0 spiro atoms. The fraction of sp³-hybridized carbons (Fsp3) is 0.812. The normalized spacial score (nSPS) is 36.8. The van der Waals surface area contributed by atoms with E-state index in [-0.39, 0.29) is 41.8 Å². The molecule has 4 aliphatic rings. The molecule has 0 bridgehead atoms. The van der Waals surface area contributed by atoms with Crippen LogP contribution < -0.4 is 0 Å². The van der Waals surface area contributed by atoms with Gasteiger partial charge in [0, 0.05) is 29.2 Å². The maximum atomic E-state index is 15.0. The number of fused-ring (bicyclic) bond motifs is 5. The van der Waals surface area contributed by atoms with E-state index >= 15 is 0 Å². The quantitative estimate of drug-likeness (QED) is 0.150.